The molecule has 3 heteroatoms. The zero-order valence-corrected chi connectivity index (χ0v) is 13.2. The number of rotatable bonds is 3. The minimum absolute atomic E-state index is 0.144. The lowest BCUT2D eigenvalue weighted by Gasteiger charge is -2.18. The van der Waals surface area contributed by atoms with Gasteiger partial charge in [-0.1, -0.05) is 29.8 Å². The molecule has 1 heterocycles. The third-order valence-electron chi connectivity index (χ3n) is 3.82. The van der Waals surface area contributed by atoms with Crippen LogP contribution >= 0.6 is 11.3 Å². The first-order chi connectivity index (χ1) is 10.1. The van der Waals surface area contributed by atoms with Crippen molar-refractivity contribution < 1.29 is 4.39 Å². The first kappa shape index (κ1) is 14.2. The summed E-state index contributed by atoms with van der Waals surface area (Å²) >= 11 is 1.65. The average molecular weight is 299 g/mol. The van der Waals surface area contributed by atoms with E-state index in [9.17, 15) is 4.39 Å². The lowest BCUT2D eigenvalue weighted by atomic mass is 9.98. The number of halogens is 1. The zero-order valence-electron chi connectivity index (χ0n) is 12.4. The van der Waals surface area contributed by atoms with Crippen molar-refractivity contribution in [1.82, 2.24) is 5.32 Å². The van der Waals surface area contributed by atoms with Crippen molar-refractivity contribution in [2.45, 2.75) is 19.9 Å². The fraction of sp³-hybridized carbons (Fsp3) is 0.222. The molecule has 0 aliphatic heterocycles. The summed E-state index contributed by atoms with van der Waals surface area (Å²) in [4.78, 5) is 1.21. The van der Waals surface area contributed by atoms with Crippen LogP contribution in [0.3, 0.4) is 0 Å². The smallest absolute Gasteiger partial charge is 0.124 e. The molecule has 2 aromatic carbocycles. The van der Waals surface area contributed by atoms with Crippen LogP contribution in [0.4, 0.5) is 4.39 Å². The van der Waals surface area contributed by atoms with Crippen LogP contribution in [-0.4, -0.2) is 7.05 Å². The standard InChI is InChI=1S/C18H18FNS/c1-11-4-5-12(2)15(8-11)18(20-3)17-9-13-6-7-14(19)10-16(13)21-17/h4-10,18,20H,1-3H3. The van der Waals surface area contributed by atoms with Gasteiger partial charge in [0, 0.05) is 9.58 Å². The van der Waals surface area contributed by atoms with E-state index in [4.69, 9.17) is 0 Å². The molecule has 0 bridgehead atoms. The maximum Gasteiger partial charge on any atom is 0.124 e. The molecule has 3 aromatic rings. The van der Waals surface area contributed by atoms with E-state index < -0.39 is 0 Å². The second kappa shape index (κ2) is 5.58. The molecular weight excluding hydrogens is 281 g/mol. The number of fused-ring (bicyclic) bond motifs is 1. The Balaban J connectivity index is 2.11. The third-order valence-corrected chi connectivity index (χ3v) is 4.98. The first-order valence-electron chi connectivity index (χ1n) is 7.02. The van der Waals surface area contributed by atoms with E-state index in [0.717, 1.165) is 10.1 Å². The van der Waals surface area contributed by atoms with Crippen LogP contribution in [0.5, 0.6) is 0 Å². The number of benzene rings is 2. The summed E-state index contributed by atoms with van der Waals surface area (Å²) in [6, 6.07) is 13.8. The number of hydrogen-bond acceptors (Lipinski definition) is 2. The normalized spacial score (nSPS) is 12.8. The Bertz CT molecular complexity index is 791. The van der Waals surface area contributed by atoms with Gasteiger partial charge in [0.15, 0.2) is 0 Å². The summed E-state index contributed by atoms with van der Waals surface area (Å²) in [5.41, 5.74) is 3.80. The fourth-order valence-electron chi connectivity index (χ4n) is 2.69. The van der Waals surface area contributed by atoms with Crippen molar-refractivity contribution in [3.8, 4) is 0 Å². The molecule has 0 aliphatic carbocycles. The highest BCUT2D eigenvalue weighted by Crippen LogP contribution is 2.34. The lowest BCUT2D eigenvalue weighted by molar-refractivity contribution is 0.630. The Labute approximate surface area is 128 Å². The largest absolute Gasteiger partial charge is 0.309 e. The predicted molar refractivity (Wildman–Crippen MR) is 88.6 cm³/mol. The fourth-order valence-corrected chi connectivity index (χ4v) is 3.91. The van der Waals surface area contributed by atoms with Gasteiger partial charge in [-0.15, -0.1) is 11.3 Å². The van der Waals surface area contributed by atoms with Crippen molar-refractivity contribution in [3.05, 3.63) is 69.8 Å². The van der Waals surface area contributed by atoms with Gasteiger partial charge in [0.2, 0.25) is 0 Å². The third kappa shape index (κ3) is 2.71. The Morgan fingerprint density at radius 3 is 2.62 bits per heavy atom. The highest BCUT2D eigenvalue weighted by Gasteiger charge is 2.17. The zero-order chi connectivity index (χ0) is 15.0. The van der Waals surface area contributed by atoms with Crippen LogP contribution in [0.2, 0.25) is 0 Å². The molecule has 108 valence electrons. The summed E-state index contributed by atoms with van der Waals surface area (Å²) in [5, 5.41) is 4.49. The molecule has 1 N–H and O–H groups in total. The molecule has 0 amide bonds. The second-order valence-corrected chi connectivity index (χ2v) is 6.53. The number of hydrogen-bond donors (Lipinski definition) is 1. The van der Waals surface area contributed by atoms with Crippen LogP contribution in [-0.2, 0) is 0 Å². The molecule has 1 nitrogen and oxygen atoms in total. The van der Waals surface area contributed by atoms with E-state index in [0.29, 0.717) is 0 Å². The lowest BCUT2D eigenvalue weighted by Crippen LogP contribution is -2.17. The summed E-state index contributed by atoms with van der Waals surface area (Å²) in [5.74, 6) is -0.177. The first-order valence-corrected chi connectivity index (χ1v) is 7.83. The number of nitrogens with one attached hydrogen (secondary N) is 1. The molecule has 0 saturated heterocycles. The van der Waals surface area contributed by atoms with Crippen molar-refractivity contribution in [2.24, 2.45) is 0 Å². The van der Waals surface area contributed by atoms with Gasteiger partial charge >= 0.3 is 0 Å². The maximum absolute atomic E-state index is 13.4. The van der Waals surface area contributed by atoms with Crippen molar-refractivity contribution in [1.29, 1.82) is 0 Å². The molecule has 0 aliphatic rings. The molecule has 21 heavy (non-hydrogen) atoms. The van der Waals surface area contributed by atoms with E-state index in [1.165, 1.54) is 27.6 Å². The monoisotopic (exact) mass is 299 g/mol. The van der Waals surface area contributed by atoms with E-state index in [1.54, 1.807) is 17.4 Å². The van der Waals surface area contributed by atoms with E-state index in [2.05, 4.69) is 43.4 Å². The van der Waals surface area contributed by atoms with Gasteiger partial charge in [0.05, 0.1) is 6.04 Å². The topological polar surface area (TPSA) is 12.0 Å². The number of aryl methyl sites for hydroxylation is 2. The molecule has 1 atom stereocenters. The molecule has 1 aromatic heterocycles. The van der Waals surface area contributed by atoms with Gasteiger partial charge in [-0.3, -0.25) is 0 Å². The quantitative estimate of drug-likeness (QED) is 0.720. The summed E-state index contributed by atoms with van der Waals surface area (Å²) in [6.07, 6.45) is 0. The van der Waals surface area contributed by atoms with Gasteiger partial charge < -0.3 is 5.32 Å². The Hall–Kier alpha value is -1.71. The van der Waals surface area contributed by atoms with Gasteiger partial charge in [-0.25, -0.2) is 4.39 Å². The van der Waals surface area contributed by atoms with Crippen LogP contribution < -0.4 is 5.32 Å². The molecule has 1 unspecified atom stereocenters. The van der Waals surface area contributed by atoms with Gasteiger partial charge in [0.1, 0.15) is 5.82 Å². The minimum Gasteiger partial charge on any atom is -0.309 e. The van der Waals surface area contributed by atoms with Crippen LogP contribution in [0.25, 0.3) is 10.1 Å². The highest BCUT2D eigenvalue weighted by atomic mass is 32.1. The molecular formula is C18H18FNS. The molecule has 3 rings (SSSR count). The molecule has 0 fully saturated rings. The highest BCUT2D eigenvalue weighted by molar-refractivity contribution is 7.19. The van der Waals surface area contributed by atoms with Gasteiger partial charge in [-0.05, 0) is 55.6 Å². The van der Waals surface area contributed by atoms with Crippen molar-refractivity contribution in [3.63, 3.8) is 0 Å². The summed E-state index contributed by atoms with van der Waals surface area (Å²) < 4.78 is 14.4. The summed E-state index contributed by atoms with van der Waals surface area (Å²) in [7, 11) is 1.97. The van der Waals surface area contributed by atoms with Crippen LogP contribution in [0.1, 0.15) is 27.6 Å². The molecule has 0 saturated carbocycles. The SMILES string of the molecule is CNC(c1cc2ccc(F)cc2s1)c1cc(C)ccc1C. The minimum atomic E-state index is -0.177. The van der Waals surface area contributed by atoms with Crippen LogP contribution in [0.15, 0.2) is 42.5 Å². The van der Waals surface area contributed by atoms with Gasteiger partial charge in [-0.2, -0.15) is 0 Å². The Kier molecular flexibility index (Phi) is 3.79. The van der Waals surface area contributed by atoms with Crippen molar-refractivity contribution in [2.75, 3.05) is 7.05 Å². The second-order valence-electron chi connectivity index (χ2n) is 5.41. The summed E-state index contributed by atoms with van der Waals surface area (Å²) in [6.45, 7) is 4.24. The van der Waals surface area contributed by atoms with Crippen molar-refractivity contribution >= 4 is 21.4 Å². The van der Waals surface area contributed by atoms with E-state index in [1.807, 2.05) is 13.1 Å². The predicted octanol–water partition coefficient (Wildman–Crippen LogP) is 4.97. The Morgan fingerprint density at radius 2 is 1.86 bits per heavy atom. The van der Waals surface area contributed by atoms with E-state index in [-0.39, 0.29) is 11.9 Å². The Morgan fingerprint density at radius 1 is 1.05 bits per heavy atom. The van der Waals surface area contributed by atoms with E-state index >= 15 is 0 Å². The number of thiophene rings is 1. The van der Waals surface area contributed by atoms with Gasteiger partial charge in [0.25, 0.3) is 0 Å². The average Bonchev–Trinajstić information content (AvgIpc) is 2.86. The van der Waals surface area contributed by atoms with Crippen LogP contribution in [0, 0.1) is 19.7 Å². The maximum atomic E-state index is 13.4. The molecule has 0 spiro atoms. The molecule has 0 radical (unpaired) electrons.